The molecule has 0 radical (unpaired) electrons. The van der Waals surface area contributed by atoms with Gasteiger partial charge >= 0.3 is 5.97 Å². The number of phenols is 2. The minimum atomic E-state index is -0.579. The highest BCUT2D eigenvalue weighted by molar-refractivity contribution is 5.93. The number of hydrogen-bond acceptors (Lipinski definition) is 13. The average Bonchev–Trinajstić information content (AvgIpc) is 3.63. The van der Waals surface area contributed by atoms with E-state index in [0.29, 0.717) is 57.2 Å². The molecular weight excluding hydrogens is 582 g/mol. The Morgan fingerprint density at radius 1 is 0.933 bits per heavy atom. The van der Waals surface area contributed by atoms with Crippen molar-refractivity contribution in [2.45, 2.75) is 27.2 Å². The molecule has 2 aromatic carbocycles. The number of amides is 1. The molecule has 2 aromatic heterocycles. The molecule has 1 aliphatic rings. The molecular formula is C29H27N11O5. The van der Waals surface area contributed by atoms with Crippen LogP contribution in [0.25, 0.3) is 5.57 Å². The molecule has 2 heterocycles. The average molecular weight is 610 g/mol. The first-order chi connectivity index (χ1) is 21.7. The molecule has 5 rings (SSSR count). The molecule has 0 atom stereocenters. The van der Waals surface area contributed by atoms with Crippen molar-refractivity contribution in [1.29, 1.82) is 0 Å². The largest absolute Gasteiger partial charge is 0.507 e. The highest BCUT2D eigenvalue weighted by atomic mass is 16.5. The number of tetrazole rings is 2. The number of benzene rings is 2. The molecule has 1 aliphatic carbocycles. The third-order valence-electron chi connectivity index (χ3n) is 6.40. The molecule has 0 aliphatic heterocycles. The van der Waals surface area contributed by atoms with Gasteiger partial charge in [-0.25, -0.2) is 0 Å². The van der Waals surface area contributed by atoms with Crippen LogP contribution in [0, 0.1) is 13.8 Å². The molecule has 1 amide bonds. The molecule has 4 aromatic rings. The quantitative estimate of drug-likeness (QED) is 0.184. The summed E-state index contributed by atoms with van der Waals surface area (Å²) in [6.45, 7) is 4.17. The summed E-state index contributed by atoms with van der Waals surface area (Å²) in [6.07, 6.45) is 8.70. The number of hydrogen-bond donors (Lipinski definition) is 3. The second kappa shape index (κ2) is 13.3. The number of nitrogens with one attached hydrogen (secondary N) is 1. The van der Waals surface area contributed by atoms with E-state index in [1.165, 1.54) is 41.1 Å². The highest BCUT2D eigenvalue weighted by Crippen LogP contribution is 2.40. The Balaban J connectivity index is 1.62. The molecule has 228 valence electrons. The molecule has 3 N–H and O–H groups in total. The lowest BCUT2D eigenvalue weighted by molar-refractivity contribution is -0.146. The first-order valence-electron chi connectivity index (χ1n) is 13.5. The minimum absolute atomic E-state index is 0.0700. The summed E-state index contributed by atoms with van der Waals surface area (Å²) in [4.78, 5) is 26.1. The van der Waals surface area contributed by atoms with Gasteiger partial charge in [-0.2, -0.15) is 10.2 Å². The summed E-state index contributed by atoms with van der Waals surface area (Å²) < 4.78 is 4.80. The molecule has 0 fully saturated rings. The lowest BCUT2D eigenvalue weighted by atomic mass is 9.87. The van der Waals surface area contributed by atoms with E-state index >= 15 is 0 Å². The number of aromatic nitrogens is 8. The Kier molecular flexibility index (Phi) is 8.93. The van der Waals surface area contributed by atoms with E-state index < -0.39 is 18.5 Å². The fraction of sp³-hybridized carbons (Fsp3) is 0.172. The number of nitrogens with zero attached hydrogens (tertiary/aromatic N) is 10. The summed E-state index contributed by atoms with van der Waals surface area (Å²) in [5, 5.41) is 55.9. The van der Waals surface area contributed by atoms with Crippen LogP contribution < -0.4 is 5.32 Å². The second-order valence-corrected chi connectivity index (χ2v) is 9.71. The van der Waals surface area contributed by atoms with Gasteiger partial charge < -0.3 is 20.3 Å². The van der Waals surface area contributed by atoms with Crippen LogP contribution >= 0.6 is 0 Å². The number of allylic oxidation sites excluding steroid dienone is 4. The third-order valence-corrected chi connectivity index (χ3v) is 6.40. The van der Waals surface area contributed by atoms with Crippen molar-refractivity contribution in [1.82, 2.24) is 45.9 Å². The van der Waals surface area contributed by atoms with Crippen molar-refractivity contribution in [2.24, 2.45) is 10.2 Å². The smallest absolute Gasteiger partial charge is 0.303 e. The summed E-state index contributed by atoms with van der Waals surface area (Å²) >= 11 is 0. The molecule has 16 nitrogen and oxygen atoms in total. The Morgan fingerprint density at radius 3 is 1.98 bits per heavy atom. The lowest BCUT2D eigenvalue weighted by Gasteiger charge is -2.19. The Labute approximate surface area is 255 Å². The topological polar surface area (TPSA) is 208 Å². The maximum atomic E-state index is 12.4. The van der Waals surface area contributed by atoms with E-state index in [2.05, 4.69) is 46.6 Å². The Morgan fingerprint density at radius 2 is 1.49 bits per heavy atom. The first-order valence-corrected chi connectivity index (χ1v) is 13.5. The Bertz CT molecular complexity index is 1810. The van der Waals surface area contributed by atoms with Gasteiger partial charge in [0.1, 0.15) is 11.5 Å². The van der Waals surface area contributed by atoms with Crippen molar-refractivity contribution >= 4 is 29.9 Å². The SMILES string of the molecule is CC(=O)OCC(=O)NC1=CC(=C(c2cc(C=Nn3nnnc3C)ccc2O)c2cc(C=Nn3nnnc3C)ccc2O)CC=C1. The van der Waals surface area contributed by atoms with E-state index in [-0.39, 0.29) is 11.5 Å². The van der Waals surface area contributed by atoms with Crippen LogP contribution in [-0.4, -0.2) is 81.8 Å². The maximum absolute atomic E-state index is 12.4. The number of carbonyl (C=O) groups excluding carboxylic acids is 2. The van der Waals surface area contributed by atoms with Crippen LogP contribution in [0.5, 0.6) is 11.5 Å². The normalized spacial score (nSPS) is 13.0. The standard InChI is InChI=1S/C29H27N11O5/c1-17-33-35-37-39(17)30-14-20-7-9-26(42)24(11-20)29(22-5-4-6-23(13-22)32-28(44)16-45-19(3)41)25-12-21(8-10-27(25)43)15-31-40-18(2)34-36-38-40/h4,6-15,42-43H,5,16H2,1-3H3,(H,32,44). The number of carbonyl (C=O) groups is 2. The van der Waals surface area contributed by atoms with Crippen molar-refractivity contribution in [3.05, 3.63) is 99.8 Å². The zero-order valence-electron chi connectivity index (χ0n) is 24.4. The van der Waals surface area contributed by atoms with Gasteiger partial charge in [-0.1, -0.05) is 6.08 Å². The molecule has 0 saturated heterocycles. The molecule has 0 bridgehead atoms. The van der Waals surface area contributed by atoms with Crippen LogP contribution in [-0.2, 0) is 14.3 Å². The van der Waals surface area contributed by atoms with Crippen LogP contribution in [0.15, 0.2) is 76.1 Å². The van der Waals surface area contributed by atoms with E-state index in [0.717, 1.165) is 0 Å². The van der Waals surface area contributed by atoms with Gasteiger partial charge in [0.15, 0.2) is 18.3 Å². The zero-order chi connectivity index (χ0) is 31.9. The molecule has 45 heavy (non-hydrogen) atoms. The van der Waals surface area contributed by atoms with Crippen molar-refractivity contribution in [2.75, 3.05) is 6.61 Å². The number of aryl methyl sites for hydroxylation is 2. The number of esters is 1. The number of phenolic OH excluding ortho intramolecular Hbond substituents is 2. The van der Waals surface area contributed by atoms with Gasteiger partial charge in [0.25, 0.3) is 5.91 Å². The fourth-order valence-corrected chi connectivity index (χ4v) is 4.29. The second-order valence-electron chi connectivity index (χ2n) is 9.71. The molecule has 0 saturated carbocycles. The van der Waals surface area contributed by atoms with Crippen molar-refractivity contribution in [3.63, 3.8) is 0 Å². The number of aromatic hydroxyl groups is 2. The van der Waals surface area contributed by atoms with E-state index in [4.69, 9.17) is 4.74 Å². The number of rotatable bonds is 9. The van der Waals surface area contributed by atoms with E-state index in [9.17, 15) is 19.8 Å². The van der Waals surface area contributed by atoms with Crippen molar-refractivity contribution < 1.29 is 24.5 Å². The molecule has 16 heteroatoms. The molecule has 0 spiro atoms. The minimum Gasteiger partial charge on any atom is -0.507 e. The monoisotopic (exact) mass is 609 g/mol. The van der Waals surface area contributed by atoms with Gasteiger partial charge in [-0.3, -0.25) is 9.59 Å². The number of ether oxygens (including phenoxy) is 1. The lowest BCUT2D eigenvalue weighted by Crippen LogP contribution is -2.27. The third kappa shape index (κ3) is 7.37. The maximum Gasteiger partial charge on any atom is 0.303 e. The summed E-state index contributed by atoms with van der Waals surface area (Å²) in [5.74, 6) is -0.281. The van der Waals surface area contributed by atoms with Crippen LogP contribution in [0.3, 0.4) is 0 Å². The predicted molar refractivity (Wildman–Crippen MR) is 160 cm³/mol. The van der Waals surface area contributed by atoms with Crippen LogP contribution in [0.4, 0.5) is 0 Å². The predicted octanol–water partition coefficient (Wildman–Crippen LogP) is 1.78. The zero-order valence-corrected chi connectivity index (χ0v) is 24.4. The first kappa shape index (κ1) is 30.1. The highest BCUT2D eigenvalue weighted by Gasteiger charge is 2.20. The van der Waals surface area contributed by atoms with Gasteiger partial charge in [-0.05, 0) is 112 Å². The van der Waals surface area contributed by atoms with E-state index in [1.807, 2.05) is 6.08 Å². The summed E-state index contributed by atoms with van der Waals surface area (Å²) in [6, 6.07) is 9.76. The summed E-state index contributed by atoms with van der Waals surface area (Å²) in [7, 11) is 0. The Hall–Kier alpha value is -6.32. The van der Waals surface area contributed by atoms with Crippen molar-refractivity contribution in [3.8, 4) is 11.5 Å². The van der Waals surface area contributed by atoms with Crippen LogP contribution in [0.1, 0.15) is 47.2 Å². The van der Waals surface area contributed by atoms with Gasteiger partial charge in [0, 0.05) is 23.7 Å². The molecule has 0 unspecified atom stereocenters. The van der Waals surface area contributed by atoms with Gasteiger partial charge in [-0.15, -0.1) is 19.8 Å². The van der Waals surface area contributed by atoms with Gasteiger partial charge in [0.05, 0.1) is 12.4 Å². The van der Waals surface area contributed by atoms with E-state index in [1.54, 1.807) is 50.3 Å². The van der Waals surface area contributed by atoms with Crippen LogP contribution in [0.2, 0.25) is 0 Å². The fourth-order valence-electron chi connectivity index (χ4n) is 4.29. The van der Waals surface area contributed by atoms with Gasteiger partial charge in [0.2, 0.25) is 0 Å². The summed E-state index contributed by atoms with van der Waals surface area (Å²) in [5.41, 5.74) is 3.51.